The van der Waals surface area contributed by atoms with E-state index in [1.54, 1.807) is 32.5 Å². The van der Waals surface area contributed by atoms with E-state index < -0.39 is 23.7 Å². The van der Waals surface area contributed by atoms with Crippen molar-refractivity contribution in [1.29, 1.82) is 0 Å². The SMILES string of the molecule is COC(=O)C(CSCc1ccc(-c2ccc(-c3cccc4c3oc3ccccc34)cc2)cc1)NC(=O)OC(C)(C)C. The van der Waals surface area contributed by atoms with Crippen LogP contribution >= 0.6 is 11.8 Å². The zero-order valence-corrected chi connectivity index (χ0v) is 24.4. The first-order valence-corrected chi connectivity index (χ1v) is 14.6. The summed E-state index contributed by atoms with van der Waals surface area (Å²) in [5, 5.41) is 4.86. The number of alkyl carbamates (subject to hydrolysis) is 1. The maximum absolute atomic E-state index is 12.2. The molecule has 1 atom stereocenters. The molecule has 5 aromatic rings. The number of carbonyl (C=O) groups excluding carboxylic acids is 2. The number of methoxy groups -OCH3 is 1. The summed E-state index contributed by atoms with van der Waals surface area (Å²) in [7, 11) is 1.31. The Balaban J connectivity index is 1.23. The van der Waals surface area contributed by atoms with E-state index in [2.05, 4.69) is 78.1 Å². The summed E-state index contributed by atoms with van der Waals surface area (Å²) in [6.07, 6.45) is -0.641. The summed E-state index contributed by atoms with van der Waals surface area (Å²) < 4.78 is 16.3. The van der Waals surface area contributed by atoms with E-state index in [-0.39, 0.29) is 0 Å². The first kappa shape index (κ1) is 28.3. The lowest BCUT2D eigenvalue weighted by atomic mass is 9.98. The van der Waals surface area contributed by atoms with Crippen molar-refractivity contribution in [2.24, 2.45) is 0 Å². The predicted molar refractivity (Wildman–Crippen MR) is 166 cm³/mol. The number of nitrogens with one attached hydrogen (secondary N) is 1. The quantitative estimate of drug-likeness (QED) is 0.190. The highest BCUT2D eigenvalue weighted by Gasteiger charge is 2.25. The number of hydrogen-bond donors (Lipinski definition) is 1. The molecule has 41 heavy (non-hydrogen) atoms. The van der Waals surface area contributed by atoms with Crippen LogP contribution in [0.5, 0.6) is 0 Å². The van der Waals surface area contributed by atoms with Crippen LogP contribution in [0.25, 0.3) is 44.2 Å². The second kappa shape index (κ2) is 12.1. The van der Waals surface area contributed by atoms with Crippen LogP contribution < -0.4 is 5.32 Å². The number of fused-ring (bicyclic) bond motifs is 3. The lowest BCUT2D eigenvalue weighted by Gasteiger charge is -2.22. The van der Waals surface area contributed by atoms with Gasteiger partial charge in [-0.15, -0.1) is 0 Å². The monoisotopic (exact) mass is 567 g/mol. The third kappa shape index (κ3) is 6.74. The summed E-state index contributed by atoms with van der Waals surface area (Å²) in [5.41, 5.74) is 6.68. The summed E-state index contributed by atoms with van der Waals surface area (Å²) in [4.78, 5) is 24.3. The fraction of sp³-hybridized carbons (Fsp3) is 0.235. The van der Waals surface area contributed by atoms with E-state index in [0.29, 0.717) is 11.5 Å². The molecule has 1 aromatic heterocycles. The molecule has 1 unspecified atom stereocenters. The lowest BCUT2D eigenvalue weighted by molar-refractivity contribution is -0.142. The van der Waals surface area contributed by atoms with E-state index in [1.165, 1.54) is 7.11 Å². The number of ether oxygens (including phenoxy) is 2. The van der Waals surface area contributed by atoms with Gasteiger partial charge in [0.25, 0.3) is 0 Å². The fourth-order valence-corrected chi connectivity index (χ4v) is 5.67. The van der Waals surface area contributed by atoms with Gasteiger partial charge >= 0.3 is 12.1 Å². The largest absolute Gasteiger partial charge is 0.467 e. The van der Waals surface area contributed by atoms with Crippen molar-refractivity contribution in [1.82, 2.24) is 5.32 Å². The Hall–Kier alpha value is -4.23. The van der Waals surface area contributed by atoms with Crippen molar-refractivity contribution in [3.05, 3.63) is 96.6 Å². The molecule has 7 heteroatoms. The van der Waals surface area contributed by atoms with Crippen LogP contribution in [0.4, 0.5) is 4.79 Å². The first-order chi connectivity index (χ1) is 19.7. The molecule has 0 aliphatic carbocycles. The molecule has 0 saturated heterocycles. The Bertz CT molecular complexity index is 1670. The molecule has 0 radical (unpaired) electrons. The molecule has 1 amide bonds. The van der Waals surface area contributed by atoms with Crippen LogP contribution in [0.15, 0.2) is 95.4 Å². The number of carbonyl (C=O) groups is 2. The summed E-state index contributed by atoms with van der Waals surface area (Å²) in [5.74, 6) is 0.552. The van der Waals surface area contributed by atoms with E-state index >= 15 is 0 Å². The maximum Gasteiger partial charge on any atom is 0.408 e. The van der Waals surface area contributed by atoms with E-state index in [9.17, 15) is 9.59 Å². The Labute approximate surface area is 244 Å². The summed E-state index contributed by atoms with van der Waals surface area (Å²) >= 11 is 1.54. The highest BCUT2D eigenvalue weighted by Crippen LogP contribution is 2.36. The van der Waals surface area contributed by atoms with Gasteiger partial charge in [0.1, 0.15) is 22.8 Å². The zero-order chi connectivity index (χ0) is 29.0. The minimum Gasteiger partial charge on any atom is -0.467 e. The van der Waals surface area contributed by atoms with Crippen LogP contribution in [-0.2, 0) is 20.0 Å². The molecule has 0 saturated carbocycles. The van der Waals surface area contributed by atoms with Crippen LogP contribution in [0.3, 0.4) is 0 Å². The van der Waals surface area contributed by atoms with Crippen molar-refractivity contribution >= 4 is 45.8 Å². The van der Waals surface area contributed by atoms with Crippen molar-refractivity contribution in [3.63, 3.8) is 0 Å². The number of benzene rings is 4. The zero-order valence-electron chi connectivity index (χ0n) is 23.6. The topological polar surface area (TPSA) is 77.8 Å². The van der Waals surface area contributed by atoms with Gasteiger partial charge in [-0.05, 0) is 49.1 Å². The number of hydrogen-bond acceptors (Lipinski definition) is 6. The molecule has 0 bridgehead atoms. The molecular weight excluding hydrogens is 534 g/mol. The Kier molecular flexibility index (Phi) is 8.36. The molecule has 1 heterocycles. The van der Waals surface area contributed by atoms with E-state index in [1.807, 2.05) is 18.2 Å². The van der Waals surface area contributed by atoms with Gasteiger partial charge in [-0.1, -0.05) is 84.9 Å². The minimum absolute atomic E-state index is 0.368. The lowest BCUT2D eigenvalue weighted by Crippen LogP contribution is -2.45. The van der Waals surface area contributed by atoms with Gasteiger partial charge in [-0.3, -0.25) is 0 Å². The Morgan fingerprint density at radius 1 is 0.829 bits per heavy atom. The summed E-state index contributed by atoms with van der Waals surface area (Å²) in [6, 6.07) is 30.5. The van der Waals surface area contributed by atoms with Crippen LogP contribution in [0.1, 0.15) is 26.3 Å². The predicted octanol–water partition coefficient (Wildman–Crippen LogP) is 8.22. The fourth-order valence-electron chi connectivity index (χ4n) is 4.67. The van der Waals surface area contributed by atoms with Crippen molar-refractivity contribution in [2.75, 3.05) is 12.9 Å². The minimum atomic E-state index is -0.789. The van der Waals surface area contributed by atoms with Crippen molar-refractivity contribution < 1.29 is 23.5 Å². The Morgan fingerprint density at radius 3 is 2.15 bits per heavy atom. The smallest absolute Gasteiger partial charge is 0.408 e. The second-order valence-corrected chi connectivity index (χ2v) is 11.8. The number of thioether (sulfide) groups is 1. The average Bonchev–Trinajstić information content (AvgIpc) is 3.35. The first-order valence-electron chi connectivity index (χ1n) is 13.5. The van der Waals surface area contributed by atoms with Gasteiger partial charge in [-0.2, -0.15) is 11.8 Å². The third-order valence-electron chi connectivity index (χ3n) is 6.62. The van der Waals surface area contributed by atoms with Crippen molar-refractivity contribution in [2.45, 2.75) is 38.2 Å². The highest BCUT2D eigenvalue weighted by molar-refractivity contribution is 7.98. The number of rotatable bonds is 8. The standard InChI is InChI=1S/C34H33NO5S/c1-34(2,3)40-33(37)35-29(32(36)38-4)21-41-20-22-12-14-23(15-13-22)24-16-18-25(19-17-24)26-9-7-10-28-27-8-5-6-11-30(27)39-31(26)28/h5-19,29H,20-21H2,1-4H3,(H,35,37). The molecule has 210 valence electrons. The average molecular weight is 568 g/mol. The number of esters is 1. The van der Waals surface area contributed by atoms with Crippen LogP contribution in [0, 0.1) is 0 Å². The van der Waals surface area contributed by atoms with Gasteiger partial charge in [-0.25, -0.2) is 9.59 Å². The van der Waals surface area contributed by atoms with E-state index in [0.717, 1.165) is 49.8 Å². The molecule has 6 nitrogen and oxygen atoms in total. The number of para-hydroxylation sites is 2. The Morgan fingerprint density at radius 2 is 1.46 bits per heavy atom. The summed E-state index contributed by atoms with van der Waals surface area (Å²) in [6.45, 7) is 5.32. The number of furan rings is 1. The van der Waals surface area contributed by atoms with Gasteiger partial charge in [0.15, 0.2) is 0 Å². The normalized spacial score (nSPS) is 12.3. The van der Waals surface area contributed by atoms with E-state index in [4.69, 9.17) is 13.9 Å². The van der Waals surface area contributed by atoms with Gasteiger partial charge in [0.05, 0.1) is 7.11 Å². The molecule has 0 aliphatic heterocycles. The molecule has 1 N–H and O–H groups in total. The van der Waals surface area contributed by atoms with Crippen molar-refractivity contribution in [3.8, 4) is 22.3 Å². The van der Waals surface area contributed by atoms with Gasteiger partial charge in [0, 0.05) is 27.8 Å². The van der Waals surface area contributed by atoms with Gasteiger partial charge in [0.2, 0.25) is 0 Å². The number of amides is 1. The highest BCUT2D eigenvalue weighted by atomic mass is 32.2. The molecule has 0 fully saturated rings. The molecule has 0 spiro atoms. The third-order valence-corrected chi connectivity index (χ3v) is 7.72. The molecular formula is C34H33NO5S. The molecule has 5 rings (SSSR count). The second-order valence-electron chi connectivity index (χ2n) is 10.8. The molecule has 0 aliphatic rings. The van der Waals surface area contributed by atoms with Crippen LogP contribution in [-0.4, -0.2) is 36.6 Å². The maximum atomic E-state index is 12.2. The van der Waals surface area contributed by atoms with Crippen LogP contribution in [0.2, 0.25) is 0 Å². The van der Waals surface area contributed by atoms with Gasteiger partial charge < -0.3 is 19.2 Å². The molecule has 4 aromatic carbocycles.